The third kappa shape index (κ3) is 6.07. The van der Waals surface area contributed by atoms with Crippen LogP contribution in [0.4, 0.5) is 5.69 Å². The Bertz CT molecular complexity index is 861. The van der Waals surface area contributed by atoms with Crippen LogP contribution in [0, 0.1) is 5.92 Å². The van der Waals surface area contributed by atoms with Crippen LogP contribution in [0.15, 0.2) is 59.6 Å². The van der Waals surface area contributed by atoms with E-state index in [9.17, 15) is 9.90 Å². The van der Waals surface area contributed by atoms with E-state index in [1.54, 1.807) is 6.92 Å². The van der Waals surface area contributed by atoms with Gasteiger partial charge in [-0.1, -0.05) is 48.9 Å². The van der Waals surface area contributed by atoms with E-state index in [1.807, 2.05) is 61.5 Å². The average molecular weight is 409 g/mol. The van der Waals surface area contributed by atoms with Crippen LogP contribution in [0.25, 0.3) is 0 Å². The van der Waals surface area contributed by atoms with E-state index in [1.165, 1.54) is 0 Å². The number of rotatable bonds is 8. The summed E-state index contributed by atoms with van der Waals surface area (Å²) < 4.78 is 0. The molecule has 1 unspecified atom stereocenters. The van der Waals surface area contributed by atoms with E-state index < -0.39 is 5.60 Å². The Morgan fingerprint density at radius 3 is 2.57 bits per heavy atom. The summed E-state index contributed by atoms with van der Waals surface area (Å²) in [4.78, 5) is 16.8. The van der Waals surface area contributed by atoms with E-state index in [0.717, 1.165) is 42.6 Å². The maximum Gasteiger partial charge on any atom is 0.227 e. The molecule has 6 heteroatoms. The first kappa shape index (κ1) is 21.8. The number of hydrogen-bond donors (Lipinski definition) is 4. The molecule has 2 aromatic carbocycles. The summed E-state index contributed by atoms with van der Waals surface area (Å²) in [7, 11) is 0. The van der Waals surface area contributed by atoms with Crippen molar-refractivity contribution in [1.29, 1.82) is 0 Å². The van der Waals surface area contributed by atoms with Crippen molar-refractivity contribution in [3.05, 3.63) is 65.7 Å². The minimum absolute atomic E-state index is 0.111. The predicted octanol–water partition coefficient (Wildman–Crippen LogP) is 3.39. The summed E-state index contributed by atoms with van der Waals surface area (Å²) in [6, 6.07) is 17.4. The summed E-state index contributed by atoms with van der Waals surface area (Å²) in [5.74, 6) is 0.909. The van der Waals surface area contributed by atoms with Crippen LogP contribution in [-0.2, 0) is 16.9 Å². The quantitative estimate of drug-likeness (QED) is 0.398. The van der Waals surface area contributed by atoms with Gasteiger partial charge in [-0.25, -0.2) is 4.99 Å². The number of nitrogens with one attached hydrogen (secondary N) is 3. The van der Waals surface area contributed by atoms with E-state index in [4.69, 9.17) is 0 Å². The number of guanidine groups is 1. The zero-order valence-electron chi connectivity index (χ0n) is 17.8. The van der Waals surface area contributed by atoms with Gasteiger partial charge in [-0.2, -0.15) is 0 Å². The molecule has 1 atom stereocenters. The third-order valence-corrected chi connectivity index (χ3v) is 5.43. The molecule has 1 amide bonds. The van der Waals surface area contributed by atoms with Crippen molar-refractivity contribution in [3.63, 3.8) is 0 Å². The fourth-order valence-corrected chi connectivity index (χ4v) is 3.33. The minimum Gasteiger partial charge on any atom is -0.384 e. The summed E-state index contributed by atoms with van der Waals surface area (Å²) in [6.45, 7) is 5.31. The van der Waals surface area contributed by atoms with Crippen LogP contribution >= 0.6 is 0 Å². The van der Waals surface area contributed by atoms with Gasteiger partial charge < -0.3 is 21.1 Å². The Morgan fingerprint density at radius 1 is 1.13 bits per heavy atom. The predicted molar refractivity (Wildman–Crippen MR) is 121 cm³/mol. The molecule has 1 aliphatic rings. The van der Waals surface area contributed by atoms with Crippen molar-refractivity contribution < 1.29 is 9.90 Å². The summed E-state index contributed by atoms with van der Waals surface area (Å²) in [5.41, 5.74) is 1.66. The fourth-order valence-electron chi connectivity index (χ4n) is 3.33. The highest BCUT2D eigenvalue weighted by Crippen LogP contribution is 2.27. The smallest absolute Gasteiger partial charge is 0.227 e. The first-order valence-corrected chi connectivity index (χ1v) is 10.7. The molecule has 1 saturated carbocycles. The molecule has 1 aliphatic carbocycles. The lowest BCUT2D eigenvalue weighted by Crippen LogP contribution is -2.44. The van der Waals surface area contributed by atoms with Gasteiger partial charge in [0, 0.05) is 18.2 Å². The van der Waals surface area contributed by atoms with Gasteiger partial charge in [0.2, 0.25) is 5.91 Å². The lowest BCUT2D eigenvalue weighted by Gasteiger charge is -2.25. The molecule has 3 rings (SSSR count). The molecule has 0 spiro atoms. The van der Waals surface area contributed by atoms with Gasteiger partial charge in [0.15, 0.2) is 5.96 Å². The molecule has 4 N–H and O–H groups in total. The number of carbonyl (C=O) groups excluding carboxylic acids is 1. The number of aliphatic hydroxyl groups is 1. The van der Waals surface area contributed by atoms with Crippen molar-refractivity contribution in [2.24, 2.45) is 10.9 Å². The maximum atomic E-state index is 12.2. The Morgan fingerprint density at radius 2 is 1.90 bits per heavy atom. The summed E-state index contributed by atoms with van der Waals surface area (Å²) >= 11 is 0. The van der Waals surface area contributed by atoms with Crippen molar-refractivity contribution in [3.8, 4) is 0 Å². The molecule has 2 aromatic rings. The van der Waals surface area contributed by atoms with Crippen LogP contribution in [-0.4, -0.2) is 30.1 Å². The van der Waals surface area contributed by atoms with Crippen molar-refractivity contribution in [2.45, 2.75) is 45.3 Å². The van der Waals surface area contributed by atoms with Crippen LogP contribution in [0.1, 0.15) is 44.2 Å². The lowest BCUT2D eigenvalue weighted by molar-refractivity contribution is -0.122. The van der Waals surface area contributed by atoms with Crippen molar-refractivity contribution >= 4 is 17.6 Å². The van der Waals surface area contributed by atoms with E-state index in [-0.39, 0.29) is 11.8 Å². The van der Waals surface area contributed by atoms with Gasteiger partial charge in [-0.05, 0) is 49.9 Å². The highest BCUT2D eigenvalue weighted by molar-refractivity contribution is 5.93. The lowest BCUT2D eigenvalue weighted by atomic mass is 9.85. The molecule has 0 heterocycles. The Labute approximate surface area is 178 Å². The molecule has 0 saturated heterocycles. The molecule has 0 aromatic heterocycles. The highest BCUT2D eigenvalue weighted by atomic mass is 16.3. The van der Waals surface area contributed by atoms with Crippen molar-refractivity contribution in [1.82, 2.24) is 10.6 Å². The van der Waals surface area contributed by atoms with Gasteiger partial charge in [0.1, 0.15) is 5.60 Å². The number of aliphatic imine (C=N–C) groups is 1. The summed E-state index contributed by atoms with van der Waals surface area (Å²) in [5, 5.41) is 20.2. The topological polar surface area (TPSA) is 85.8 Å². The number of nitrogens with zero attached hydrogens (tertiary/aromatic N) is 1. The van der Waals surface area contributed by atoms with Crippen LogP contribution < -0.4 is 16.0 Å². The molecule has 160 valence electrons. The molecule has 1 fully saturated rings. The molecule has 0 aliphatic heterocycles. The Hall–Kier alpha value is -2.86. The fraction of sp³-hybridized carbons (Fsp3) is 0.417. The van der Waals surface area contributed by atoms with Gasteiger partial charge in [-0.3, -0.25) is 4.79 Å². The van der Waals surface area contributed by atoms with Gasteiger partial charge in [0.25, 0.3) is 0 Å². The normalized spacial score (nSPS) is 16.3. The standard InChI is InChI=1S/C24H32N4O2/c1-3-25-23(27-17-24(2,30)20-12-5-4-6-13-20)26-16-18-9-7-14-21(15-18)28-22(29)19-10-8-11-19/h4-7,9,12-15,19,30H,3,8,10-11,16-17H2,1-2H3,(H,28,29)(H2,25,26,27). The molecular weight excluding hydrogens is 376 g/mol. The van der Waals surface area contributed by atoms with Crippen LogP contribution in [0.5, 0.6) is 0 Å². The van der Waals surface area contributed by atoms with E-state index in [0.29, 0.717) is 19.0 Å². The maximum absolute atomic E-state index is 12.2. The van der Waals surface area contributed by atoms with Crippen molar-refractivity contribution in [2.75, 3.05) is 18.4 Å². The second-order valence-electron chi connectivity index (χ2n) is 8.01. The van der Waals surface area contributed by atoms with Crippen LogP contribution in [0.2, 0.25) is 0 Å². The second-order valence-corrected chi connectivity index (χ2v) is 8.01. The molecule has 30 heavy (non-hydrogen) atoms. The highest BCUT2D eigenvalue weighted by Gasteiger charge is 2.25. The zero-order chi connectivity index (χ0) is 21.4. The first-order valence-electron chi connectivity index (χ1n) is 10.7. The molecule has 0 radical (unpaired) electrons. The third-order valence-electron chi connectivity index (χ3n) is 5.43. The minimum atomic E-state index is -1.01. The number of carbonyl (C=O) groups is 1. The molecular formula is C24H32N4O2. The van der Waals surface area contributed by atoms with Crippen LogP contribution in [0.3, 0.4) is 0 Å². The van der Waals surface area contributed by atoms with Gasteiger partial charge in [-0.15, -0.1) is 0 Å². The number of hydrogen-bond acceptors (Lipinski definition) is 3. The van der Waals surface area contributed by atoms with E-state index in [2.05, 4.69) is 20.9 Å². The molecule has 0 bridgehead atoms. The molecule has 6 nitrogen and oxygen atoms in total. The second kappa shape index (κ2) is 10.3. The van der Waals surface area contributed by atoms with Gasteiger partial charge >= 0.3 is 0 Å². The summed E-state index contributed by atoms with van der Waals surface area (Å²) in [6.07, 6.45) is 3.12. The Kier molecular flexibility index (Phi) is 7.46. The van der Waals surface area contributed by atoms with E-state index >= 15 is 0 Å². The number of benzene rings is 2. The average Bonchev–Trinajstić information content (AvgIpc) is 2.70. The SMILES string of the molecule is CCNC(=NCc1cccc(NC(=O)C2CCC2)c1)NCC(C)(O)c1ccccc1. The first-order chi connectivity index (χ1) is 14.5. The zero-order valence-corrected chi connectivity index (χ0v) is 17.8. The number of amides is 1. The largest absolute Gasteiger partial charge is 0.384 e. The monoisotopic (exact) mass is 408 g/mol. The van der Waals surface area contributed by atoms with Gasteiger partial charge in [0.05, 0.1) is 13.1 Å². The number of anilines is 1. The Balaban J connectivity index is 1.60.